The van der Waals surface area contributed by atoms with Gasteiger partial charge in [-0.3, -0.25) is 4.79 Å². The lowest BCUT2D eigenvalue weighted by Crippen LogP contribution is -2.65. The van der Waals surface area contributed by atoms with Crippen molar-refractivity contribution >= 4 is 11.9 Å². The molecule has 0 radical (unpaired) electrons. The Morgan fingerprint density at radius 1 is 1.05 bits per heavy atom. The van der Waals surface area contributed by atoms with Gasteiger partial charge in [-0.05, 0) is 103 Å². The van der Waals surface area contributed by atoms with E-state index in [2.05, 4.69) is 41.5 Å². The number of rotatable bonds is 6. The number of aliphatic hydroxyl groups is 2. The predicted octanol–water partition coefficient (Wildman–Crippen LogP) is 5.75. The topological polar surface area (TPSA) is 104 Å². The number of aliphatic hydroxyl groups excluding tert-OH is 2. The van der Waals surface area contributed by atoms with Crippen LogP contribution in [0.1, 0.15) is 106 Å². The normalized spacial score (nSPS) is 46.6. The highest BCUT2D eigenvalue weighted by molar-refractivity contribution is 5.88. The Morgan fingerprint density at radius 3 is 2.32 bits per heavy atom. The zero-order valence-electron chi connectivity index (χ0n) is 24.0. The number of carboxylic acids is 1. The third kappa shape index (κ3) is 4.48. The molecule has 0 spiro atoms. The number of hydrogen-bond acceptors (Lipinski definition) is 5. The molecule has 4 rings (SSSR count). The van der Waals surface area contributed by atoms with E-state index in [1.165, 1.54) is 6.92 Å². The summed E-state index contributed by atoms with van der Waals surface area (Å²) in [6.07, 6.45) is 5.45. The van der Waals surface area contributed by atoms with Gasteiger partial charge in [0, 0.05) is 12.5 Å². The van der Waals surface area contributed by atoms with Gasteiger partial charge in [0.15, 0.2) is 0 Å². The van der Waals surface area contributed by atoms with E-state index >= 15 is 0 Å². The maximum Gasteiger partial charge on any atom is 0.331 e. The summed E-state index contributed by atoms with van der Waals surface area (Å²) < 4.78 is 5.89. The van der Waals surface area contributed by atoms with Crippen molar-refractivity contribution in [3.05, 3.63) is 11.1 Å². The standard InChI is InChI=1S/C31H50O6/c1-17(2)9-8-10-20(28(35)36)26-22-15-24(34)27-29(5)13-12-23(33)18(3)21(29)11-14-30(27,6)31(22,7)16-25(26)37-19(4)32/h17-18,21-25,27,33-34H,8-16H2,1-7H3,(H,35,36)/b26-20-/t18-,21-,22-,23+,24+,25-,27-,29-,30-,31-/m0/s1. The van der Waals surface area contributed by atoms with Crippen LogP contribution in [0.15, 0.2) is 11.1 Å². The minimum atomic E-state index is -0.923. The van der Waals surface area contributed by atoms with E-state index in [1.54, 1.807) is 0 Å². The highest BCUT2D eigenvalue weighted by atomic mass is 16.5. The summed E-state index contributed by atoms with van der Waals surface area (Å²) in [4.78, 5) is 24.9. The maximum atomic E-state index is 12.6. The maximum absolute atomic E-state index is 12.6. The molecule has 6 nitrogen and oxygen atoms in total. The summed E-state index contributed by atoms with van der Waals surface area (Å²) in [6.45, 7) is 14.8. The van der Waals surface area contributed by atoms with Crippen LogP contribution in [0, 0.1) is 45.8 Å². The molecule has 0 amide bonds. The van der Waals surface area contributed by atoms with Gasteiger partial charge in [-0.15, -0.1) is 0 Å². The van der Waals surface area contributed by atoms with Crippen LogP contribution < -0.4 is 0 Å². The van der Waals surface area contributed by atoms with Crippen molar-refractivity contribution in [1.82, 2.24) is 0 Å². The van der Waals surface area contributed by atoms with Gasteiger partial charge < -0.3 is 20.1 Å². The molecule has 4 fully saturated rings. The monoisotopic (exact) mass is 518 g/mol. The summed E-state index contributed by atoms with van der Waals surface area (Å²) in [6, 6.07) is 0. The highest BCUT2D eigenvalue weighted by Gasteiger charge is 2.70. The van der Waals surface area contributed by atoms with Gasteiger partial charge in [0.1, 0.15) is 6.10 Å². The molecule has 0 aliphatic heterocycles. The van der Waals surface area contributed by atoms with Crippen LogP contribution in [-0.2, 0) is 14.3 Å². The van der Waals surface area contributed by atoms with E-state index in [0.29, 0.717) is 36.7 Å². The van der Waals surface area contributed by atoms with E-state index < -0.39 is 18.2 Å². The molecule has 0 aromatic rings. The molecule has 0 aromatic carbocycles. The van der Waals surface area contributed by atoms with Gasteiger partial charge in [0.25, 0.3) is 0 Å². The van der Waals surface area contributed by atoms with Crippen molar-refractivity contribution in [3.8, 4) is 0 Å². The van der Waals surface area contributed by atoms with Crippen molar-refractivity contribution in [2.45, 2.75) is 125 Å². The van der Waals surface area contributed by atoms with Crippen LogP contribution in [0.2, 0.25) is 0 Å². The van der Waals surface area contributed by atoms with Crippen molar-refractivity contribution in [1.29, 1.82) is 0 Å². The molecule has 37 heavy (non-hydrogen) atoms. The molecule has 0 aromatic heterocycles. The third-order valence-corrected chi connectivity index (χ3v) is 11.8. The van der Waals surface area contributed by atoms with Crippen molar-refractivity contribution in [2.24, 2.45) is 45.8 Å². The molecule has 3 N–H and O–H groups in total. The number of hydrogen-bond donors (Lipinski definition) is 3. The number of aliphatic carboxylic acids is 1. The molecule has 6 heteroatoms. The van der Waals surface area contributed by atoms with Gasteiger partial charge in [0.05, 0.1) is 12.2 Å². The van der Waals surface area contributed by atoms with Crippen LogP contribution in [0.5, 0.6) is 0 Å². The Labute approximate surface area is 223 Å². The average molecular weight is 519 g/mol. The summed E-state index contributed by atoms with van der Waals surface area (Å²) >= 11 is 0. The number of ether oxygens (including phenoxy) is 1. The summed E-state index contributed by atoms with van der Waals surface area (Å²) in [5, 5.41) is 32.9. The lowest BCUT2D eigenvalue weighted by atomic mass is 9.36. The first kappa shape index (κ1) is 28.6. The Kier molecular flexibility index (Phi) is 7.71. The first-order valence-electron chi connectivity index (χ1n) is 14.7. The average Bonchev–Trinajstić information content (AvgIpc) is 3.05. The Bertz CT molecular complexity index is 940. The number of carbonyl (C=O) groups excluding carboxylic acids is 1. The molecule has 0 unspecified atom stereocenters. The lowest BCUT2D eigenvalue weighted by molar-refractivity contribution is -0.234. The fourth-order valence-electron chi connectivity index (χ4n) is 9.97. The lowest BCUT2D eigenvalue weighted by Gasteiger charge is -2.69. The van der Waals surface area contributed by atoms with E-state index in [1.807, 2.05) is 0 Å². The smallest absolute Gasteiger partial charge is 0.331 e. The quantitative estimate of drug-likeness (QED) is 0.306. The van der Waals surface area contributed by atoms with Gasteiger partial charge in [-0.25, -0.2) is 4.79 Å². The Balaban J connectivity index is 1.80. The molecular formula is C31H50O6. The van der Waals surface area contributed by atoms with Crippen LogP contribution in [0.3, 0.4) is 0 Å². The number of carboxylic acid groups (broad SMARTS) is 1. The van der Waals surface area contributed by atoms with E-state index in [9.17, 15) is 24.9 Å². The van der Waals surface area contributed by atoms with Gasteiger partial charge in [-0.2, -0.15) is 0 Å². The van der Waals surface area contributed by atoms with E-state index in [4.69, 9.17) is 4.74 Å². The summed E-state index contributed by atoms with van der Waals surface area (Å²) in [5.41, 5.74) is 0.537. The zero-order valence-corrected chi connectivity index (χ0v) is 24.0. The number of fused-ring (bicyclic) bond motifs is 5. The molecular weight excluding hydrogens is 468 g/mol. The molecule has 0 heterocycles. The van der Waals surface area contributed by atoms with Crippen molar-refractivity contribution < 1.29 is 29.6 Å². The number of carbonyl (C=O) groups is 2. The third-order valence-electron chi connectivity index (χ3n) is 11.8. The summed E-state index contributed by atoms with van der Waals surface area (Å²) in [5.74, 6) is -0.339. The van der Waals surface area contributed by atoms with Gasteiger partial charge in [0.2, 0.25) is 0 Å². The SMILES string of the molecule is CC(=O)O[C@H]1C[C@@]2(C)[C@@H](C[C@@H](O)[C@H]3[C@@]4(C)CC[C@@H](O)[C@@H](C)[C@@H]4CC[C@@]32C)/C1=C(\CCCC(C)C)C(=O)O. The van der Waals surface area contributed by atoms with E-state index in [-0.39, 0.29) is 46.1 Å². The van der Waals surface area contributed by atoms with Crippen LogP contribution >= 0.6 is 0 Å². The summed E-state index contributed by atoms with van der Waals surface area (Å²) in [7, 11) is 0. The molecule has 4 aliphatic carbocycles. The highest BCUT2D eigenvalue weighted by Crippen LogP contribution is 2.74. The fourth-order valence-corrected chi connectivity index (χ4v) is 9.97. The van der Waals surface area contributed by atoms with Crippen LogP contribution in [-0.4, -0.2) is 45.6 Å². The minimum absolute atomic E-state index is 0.0569. The molecule has 0 saturated heterocycles. The second-order valence-corrected chi connectivity index (χ2v) is 14.1. The number of esters is 1. The predicted molar refractivity (Wildman–Crippen MR) is 143 cm³/mol. The first-order chi connectivity index (χ1) is 17.2. The Hall–Kier alpha value is -1.40. The Morgan fingerprint density at radius 2 is 1.73 bits per heavy atom. The minimum Gasteiger partial charge on any atom is -0.478 e. The molecule has 0 bridgehead atoms. The van der Waals surface area contributed by atoms with Crippen molar-refractivity contribution in [2.75, 3.05) is 0 Å². The molecule has 10 atom stereocenters. The largest absolute Gasteiger partial charge is 0.478 e. The zero-order chi connectivity index (χ0) is 27.5. The van der Waals surface area contributed by atoms with Crippen LogP contribution in [0.25, 0.3) is 0 Å². The second-order valence-electron chi connectivity index (χ2n) is 14.1. The molecule has 4 aliphatic rings. The van der Waals surface area contributed by atoms with Gasteiger partial charge >= 0.3 is 11.9 Å². The van der Waals surface area contributed by atoms with Crippen molar-refractivity contribution in [3.63, 3.8) is 0 Å². The molecule has 210 valence electrons. The van der Waals surface area contributed by atoms with Crippen LogP contribution in [0.4, 0.5) is 0 Å². The fraction of sp³-hybridized carbons (Fsp3) is 0.871. The molecule has 4 saturated carbocycles. The van der Waals surface area contributed by atoms with E-state index in [0.717, 1.165) is 44.1 Å². The first-order valence-corrected chi connectivity index (χ1v) is 14.7. The van der Waals surface area contributed by atoms with Gasteiger partial charge in [-0.1, -0.05) is 48.0 Å². The second kappa shape index (κ2) is 9.97.